The molecule has 1 atom stereocenters. The van der Waals surface area contributed by atoms with Crippen molar-refractivity contribution in [1.29, 1.82) is 21.0 Å². The van der Waals surface area contributed by atoms with Gasteiger partial charge in [0.25, 0.3) is 0 Å². The van der Waals surface area contributed by atoms with Crippen molar-refractivity contribution in [3.8, 4) is 24.3 Å². The molecule has 0 aromatic heterocycles. The second-order valence-corrected chi connectivity index (χ2v) is 13.4. The fourth-order valence-corrected chi connectivity index (χ4v) is 11.0. The van der Waals surface area contributed by atoms with E-state index >= 15 is 0 Å². The molecule has 1 aliphatic rings. The summed E-state index contributed by atoms with van der Waals surface area (Å²) in [7, 11) is -2.51. The van der Waals surface area contributed by atoms with E-state index in [-0.39, 0.29) is 5.16 Å². The molecule has 37 heavy (non-hydrogen) atoms. The lowest BCUT2D eigenvalue weighted by Crippen LogP contribution is -2.48. The molecule has 0 saturated carbocycles. The maximum atomic E-state index is 9.62. The van der Waals surface area contributed by atoms with E-state index in [2.05, 4.69) is 80.6 Å². The van der Waals surface area contributed by atoms with Gasteiger partial charge >= 0.3 is 0 Å². The van der Waals surface area contributed by atoms with E-state index in [0.717, 1.165) is 22.3 Å². The minimum Gasteiger partial charge on any atom is -0.192 e. The molecule has 4 nitrogen and oxygen atoms in total. The van der Waals surface area contributed by atoms with Crippen LogP contribution >= 0.6 is 7.26 Å². The van der Waals surface area contributed by atoms with Gasteiger partial charge in [-0.15, -0.1) is 0 Å². The highest BCUT2D eigenvalue weighted by Crippen LogP contribution is 2.70. The van der Waals surface area contributed by atoms with Gasteiger partial charge in [0, 0.05) is 12.0 Å². The third kappa shape index (κ3) is 4.57. The second-order valence-electron chi connectivity index (χ2n) is 9.66. The standard InChI is InChI=1S/C32H26N4P/c1-24(2)19-32(17-15-28(23-36)16-18-32)37(29-9-3-25(20-33)4-10-29,30-11-5-26(21-34)6-12-30)31-13-7-27(22-35)8-14-31/h3-17,24H,18-19H2,1-2H3/q+1. The number of nitriles is 4. The summed E-state index contributed by atoms with van der Waals surface area (Å²) < 4.78 is 0. The van der Waals surface area contributed by atoms with Crippen molar-refractivity contribution in [2.75, 3.05) is 0 Å². The van der Waals surface area contributed by atoms with Crippen LogP contribution in [0.1, 0.15) is 43.4 Å². The quantitative estimate of drug-likeness (QED) is 0.403. The number of rotatable bonds is 6. The largest absolute Gasteiger partial charge is 0.192 e. The third-order valence-corrected chi connectivity index (χ3v) is 12.0. The highest BCUT2D eigenvalue weighted by molar-refractivity contribution is 7.97. The molecule has 0 fully saturated rings. The van der Waals surface area contributed by atoms with Gasteiger partial charge in [0.2, 0.25) is 0 Å². The normalized spacial score (nSPS) is 16.7. The van der Waals surface area contributed by atoms with Crippen LogP contribution in [0.25, 0.3) is 0 Å². The van der Waals surface area contributed by atoms with Gasteiger partial charge in [0.1, 0.15) is 28.3 Å². The van der Waals surface area contributed by atoms with Crippen molar-refractivity contribution in [3.63, 3.8) is 0 Å². The summed E-state index contributed by atoms with van der Waals surface area (Å²) in [5, 5.41) is 41.1. The SMILES string of the molecule is CC(C)CC1([P+](c2ccc(C#N)cc2)(c2ccc(C#N)cc2)c2ccc(C#N)cc2)C=CC(C#N)=CC1. The Morgan fingerprint density at radius 1 is 0.676 bits per heavy atom. The molecule has 0 heterocycles. The summed E-state index contributed by atoms with van der Waals surface area (Å²) in [6.45, 7) is 4.42. The first-order valence-corrected chi connectivity index (χ1v) is 13.9. The van der Waals surface area contributed by atoms with Gasteiger partial charge < -0.3 is 0 Å². The van der Waals surface area contributed by atoms with E-state index in [9.17, 15) is 21.0 Å². The number of nitrogens with zero attached hydrogens (tertiary/aromatic N) is 4. The van der Waals surface area contributed by atoms with Crippen molar-refractivity contribution in [3.05, 3.63) is 113 Å². The Morgan fingerprint density at radius 3 is 1.35 bits per heavy atom. The van der Waals surface area contributed by atoms with Gasteiger partial charge in [-0.1, -0.05) is 19.9 Å². The molecule has 0 radical (unpaired) electrons. The number of benzene rings is 3. The highest BCUT2D eigenvalue weighted by Gasteiger charge is 2.61. The summed E-state index contributed by atoms with van der Waals surface area (Å²) in [6.07, 6.45) is 7.75. The van der Waals surface area contributed by atoms with Gasteiger partial charge in [-0.3, -0.25) is 0 Å². The molecular formula is C32H26N4P+. The van der Waals surface area contributed by atoms with Crippen LogP contribution in [0.5, 0.6) is 0 Å². The Kier molecular flexibility index (Phi) is 7.37. The van der Waals surface area contributed by atoms with Gasteiger partial charge in [0.15, 0.2) is 0 Å². The average Bonchev–Trinajstić information content (AvgIpc) is 2.94. The van der Waals surface area contributed by atoms with Crippen molar-refractivity contribution in [1.82, 2.24) is 0 Å². The van der Waals surface area contributed by atoms with Crippen LogP contribution in [0.2, 0.25) is 0 Å². The van der Waals surface area contributed by atoms with Crippen LogP contribution in [0.15, 0.2) is 96.6 Å². The Balaban J connectivity index is 2.16. The fraction of sp³-hybridized carbons (Fsp3) is 0.188. The number of hydrogen-bond acceptors (Lipinski definition) is 4. The van der Waals surface area contributed by atoms with E-state index in [1.54, 1.807) is 0 Å². The number of allylic oxidation sites excluding steroid dienone is 4. The van der Waals surface area contributed by atoms with Crippen LogP contribution in [0.3, 0.4) is 0 Å². The highest BCUT2D eigenvalue weighted by atomic mass is 31.2. The molecule has 0 amide bonds. The molecule has 0 saturated heterocycles. The van der Waals surface area contributed by atoms with E-state index in [1.165, 1.54) is 0 Å². The van der Waals surface area contributed by atoms with Crippen molar-refractivity contribution in [2.45, 2.75) is 31.8 Å². The van der Waals surface area contributed by atoms with E-state index in [0.29, 0.717) is 34.6 Å². The Bertz CT molecular complexity index is 1380. The molecule has 3 aromatic carbocycles. The molecule has 3 aromatic rings. The third-order valence-electron chi connectivity index (χ3n) is 6.96. The second kappa shape index (κ2) is 10.7. The zero-order chi connectivity index (χ0) is 26.5. The van der Waals surface area contributed by atoms with Crippen LogP contribution in [-0.2, 0) is 0 Å². The molecule has 0 aliphatic heterocycles. The predicted octanol–water partition coefficient (Wildman–Crippen LogP) is 5.79. The van der Waals surface area contributed by atoms with Gasteiger partial charge in [0.05, 0.1) is 41.0 Å². The maximum Gasteiger partial charge on any atom is 0.122 e. The summed E-state index contributed by atoms with van der Waals surface area (Å²) in [6, 6.07) is 32.5. The lowest BCUT2D eigenvalue weighted by atomic mass is 9.88. The van der Waals surface area contributed by atoms with E-state index in [4.69, 9.17) is 0 Å². The Labute approximate surface area is 219 Å². The van der Waals surface area contributed by atoms with E-state index in [1.807, 2.05) is 48.6 Å². The van der Waals surface area contributed by atoms with Gasteiger partial charge in [-0.2, -0.15) is 21.0 Å². The zero-order valence-electron chi connectivity index (χ0n) is 20.9. The minimum atomic E-state index is -2.51. The molecule has 5 heteroatoms. The zero-order valence-corrected chi connectivity index (χ0v) is 21.8. The molecular weight excluding hydrogens is 471 g/mol. The molecule has 1 unspecified atom stereocenters. The van der Waals surface area contributed by atoms with Crippen LogP contribution in [-0.4, -0.2) is 5.16 Å². The number of hydrogen-bond donors (Lipinski definition) is 0. The first-order chi connectivity index (χ1) is 17.9. The smallest absolute Gasteiger partial charge is 0.122 e. The lowest BCUT2D eigenvalue weighted by Gasteiger charge is -2.45. The minimum absolute atomic E-state index is 0.358. The maximum absolute atomic E-state index is 9.62. The monoisotopic (exact) mass is 497 g/mol. The van der Waals surface area contributed by atoms with Crippen molar-refractivity contribution >= 4 is 23.2 Å². The lowest BCUT2D eigenvalue weighted by molar-refractivity contribution is 0.502. The first-order valence-electron chi connectivity index (χ1n) is 12.1. The van der Waals surface area contributed by atoms with Crippen LogP contribution in [0.4, 0.5) is 0 Å². The Hall–Kier alpha value is -4.47. The van der Waals surface area contributed by atoms with Crippen LogP contribution < -0.4 is 15.9 Å². The summed E-state index contributed by atoms with van der Waals surface area (Å²) in [5.74, 6) is 0.358. The molecule has 0 bridgehead atoms. The van der Waals surface area contributed by atoms with Gasteiger partial charge in [-0.05, 0) is 97.3 Å². The summed E-state index contributed by atoms with van der Waals surface area (Å²) >= 11 is 0. The first kappa shape index (κ1) is 25.6. The summed E-state index contributed by atoms with van der Waals surface area (Å²) in [5.41, 5.74) is 2.41. The van der Waals surface area contributed by atoms with Gasteiger partial charge in [-0.25, -0.2) is 0 Å². The van der Waals surface area contributed by atoms with E-state index < -0.39 is 7.26 Å². The molecule has 4 rings (SSSR count). The molecule has 0 N–H and O–H groups in total. The summed E-state index contributed by atoms with van der Waals surface area (Å²) in [4.78, 5) is 0. The molecule has 0 spiro atoms. The predicted molar refractivity (Wildman–Crippen MR) is 149 cm³/mol. The van der Waals surface area contributed by atoms with Crippen molar-refractivity contribution in [2.24, 2.45) is 5.92 Å². The fourth-order valence-electron chi connectivity index (χ4n) is 5.49. The average molecular weight is 498 g/mol. The van der Waals surface area contributed by atoms with Crippen molar-refractivity contribution < 1.29 is 0 Å². The molecule has 178 valence electrons. The Morgan fingerprint density at radius 2 is 1.08 bits per heavy atom. The molecule has 1 aliphatic carbocycles. The topological polar surface area (TPSA) is 95.2 Å². The van der Waals surface area contributed by atoms with Crippen LogP contribution in [0, 0.1) is 51.2 Å².